The fourth-order valence-corrected chi connectivity index (χ4v) is 2.10. The van der Waals surface area contributed by atoms with Gasteiger partial charge in [0.25, 0.3) is 0 Å². The summed E-state index contributed by atoms with van der Waals surface area (Å²) in [5, 5.41) is 5.40. The number of nitrogens with zero attached hydrogens (tertiary/aromatic N) is 3. The Labute approximate surface area is 98.9 Å². The topological polar surface area (TPSA) is 30.7 Å². The van der Waals surface area contributed by atoms with Crippen LogP contribution in [0.3, 0.4) is 0 Å². The van der Waals surface area contributed by atoms with Gasteiger partial charge in [-0.1, -0.05) is 30.0 Å². The van der Waals surface area contributed by atoms with Crippen LogP contribution < -0.4 is 0 Å². The third-order valence-corrected chi connectivity index (χ3v) is 3.28. The predicted octanol–water partition coefficient (Wildman–Crippen LogP) is 2.87. The van der Waals surface area contributed by atoms with E-state index in [1.807, 2.05) is 29.1 Å². The molecule has 0 unspecified atom stereocenters. The van der Waals surface area contributed by atoms with Crippen molar-refractivity contribution in [2.45, 2.75) is 23.9 Å². The summed E-state index contributed by atoms with van der Waals surface area (Å²) in [6, 6.07) is 10.2. The highest BCUT2D eigenvalue weighted by molar-refractivity contribution is 7.98. The Morgan fingerprint density at radius 1 is 1.25 bits per heavy atom. The van der Waals surface area contributed by atoms with Gasteiger partial charge in [-0.15, -0.1) is 5.10 Å². The molecule has 0 saturated heterocycles. The maximum atomic E-state index is 4.58. The first-order valence-corrected chi connectivity index (χ1v) is 6.67. The van der Waals surface area contributed by atoms with Gasteiger partial charge >= 0.3 is 0 Å². The van der Waals surface area contributed by atoms with Crippen molar-refractivity contribution >= 4 is 11.8 Å². The molecule has 0 bridgehead atoms. The monoisotopic (exact) mass is 231 g/mol. The van der Waals surface area contributed by atoms with E-state index in [9.17, 15) is 0 Å². The van der Waals surface area contributed by atoms with Crippen molar-refractivity contribution in [1.29, 1.82) is 0 Å². The van der Waals surface area contributed by atoms with Gasteiger partial charge in [0.05, 0.1) is 5.69 Å². The molecule has 4 heteroatoms. The zero-order valence-electron chi connectivity index (χ0n) is 9.13. The number of hydrogen-bond donors (Lipinski definition) is 0. The molecule has 1 fully saturated rings. The standard InChI is InChI=1S/C12H13N3S/c1-16-12-13-11(9-7-8-9)15(14-12)10-5-3-2-4-6-10/h2-6,9H,7-8H2,1H3. The number of thioether (sulfide) groups is 1. The normalized spacial score (nSPS) is 15.3. The Bertz CT molecular complexity index is 488. The lowest BCUT2D eigenvalue weighted by Gasteiger charge is -2.03. The van der Waals surface area contributed by atoms with Gasteiger partial charge in [-0.3, -0.25) is 0 Å². The molecular formula is C12H13N3S. The highest BCUT2D eigenvalue weighted by Gasteiger charge is 2.30. The zero-order chi connectivity index (χ0) is 11.0. The molecule has 0 atom stereocenters. The van der Waals surface area contributed by atoms with Gasteiger partial charge in [0.2, 0.25) is 5.16 Å². The third-order valence-electron chi connectivity index (χ3n) is 2.74. The molecule has 1 heterocycles. The van der Waals surface area contributed by atoms with Gasteiger partial charge in [-0.05, 0) is 31.2 Å². The fraction of sp³-hybridized carbons (Fsp3) is 0.333. The summed E-state index contributed by atoms with van der Waals surface area (Å²) < 4.78 is 1.99. The van der Waals surface area contributed by atoms with E-state index >= 15 is 0 Å². The Kier molecular flexibility index (Phi) is 2.44. The molecule has 3 nitrogen and oxygen atoms in total. The molecule has 2 aromatic rings. The molecule has 1 aliphatic rings. The van der Waals surface area contributed by atoms with Crippen LogP contribution in [0.25, 0.3) is 5.69 Å². The Hall–Kier alpha value is -1.29. The van der Waals surface area contributed by atoms with E-state index in [0.717, 1.165) is 16.7 Å². The van der Waals surface area contributed by atoms with Crippen LogP contribution >= 0.6 is 11.8 Å². The van der Waals surface area contributed by atoms with Gasteiger partial charge in [-0.2, -0.15) is 0 Å². The summed E-state index contributed by atoms with van der Waals surface area (Å²) >= 11 is 1.60. The van der Waals surface area contributed by atoms with Gasteiger partial charge in [0, 0.05) is 5.92 Å². The molecule has 1 aliphatic carbocycles. The number of aromatic nitrogens is 3. The van der Waals surface area contributed by atoms with E-state index in [1.165, 1.54) is 12.8 Å². The number of hydrogen-bond acceptors (Lipinski definition) is 3. The largest absolute Gasteiger partial charge is 0.216 e. The van der Waals surface area contributed by atoms with E-state index in [4.69, 9.17) is 0 Å². The summed E-state index contributed by atoms with van der Waals surface area (Å²) in [5.74, 6) is 1.74. The van der Waals surface area contributed by atoms with Crippen LogP contribution in [0.2, 0.25) is 0 Å². The summed E-state index contributed by atoms with van der Waals surface area (Å²) in [5.41, 5.74) is 1.11. The Balaban J connectivity index is 2.08. The van der Waals surface area contributed by atoms with Crippen LogP contribution in [0.15, 0.2) is 35.5 Å². The van der Waals surface area contributed by atoms with Crippen molar-refractivity contribution in [2.75, 3.05) is 6.26 Å². The highest BCUT2D eigenvalue weighted by Crippen LogP contribution is 2.40. The van der Waals surface area contributed by atoms with Crippen molar-refractivity contribution in [3.63, 3.8) is 0 Å². The van der Waals surface area contributed by atoms with E-state index in [-0.39, 0.29) is 0 Å². The quantitative estimate of drug-likeness (QED) is 0.761. The van der Waals surface area contributed by atoms with Crippen LogP contribution in [0.1, 0.15) is 24.6 Å². The van der Waals surface area contributed by atoms with Gasteiger partial charge in [0.15, 0.2) is 0 Å². The SMILES string of the molecule is CSc1nc(C2CC2)n(-c2ccccc2)n1. The van der Waals surface area contributed by atoms with E-state index in [0.29, 0.717) is 5.92 Å². The van der Waals surface area contributed by atoms with Gasteiger partial charge < -0.3 is 0 Å². The molecule has 82 valence electrons. The highest BCUT2D eigenvalue weighted by atomic mass is 32.2. The first-order valence-electron chi connectivity index (χ1n) is 5.45. The van der Waals surface area contributed by atoms with E-state index < -0.39 is 0 Å². The van der Waals surface area contributed by atoms with E-state index in [1.54, 1.807) is 11.8 Å². The molecule has 0 radical (unpaired) electrons. The maximum Gasteiger partial charge on any atom is 0.208 e. The molecule has 1 aromatic heterocycles. The van der Waals surface area contributed by atoms with Crippen molar-refractivity contribution in [2.24, 2.45) is 0 Å². The lowest BCUT2D eigenvalue weighted by molar-refractivity contribution is 0.782. The maximum absolute atomic E-state index is 4.58. The number of benzene rings is 1. The van der Waals surface area contributed by atoms with Crippen LogP contribution in [0.5, 0.6) is 0 Å². The second-order valence-corrected chi connectivity index (χ2v) is 4.75. The lowest BCUT2D eigenvalue weighted by atomic mass is 10.3. The first kappa shape index (κ1) is 9.90. The van der Waals surface area contributed by atoms with Crippen molar-refractivity contribution in [3.8, 4) is 5.69 Å². The molecule has 16 heavy (non-hydrogen) atoms. The molecule has 0 aliphatic heterocycles. The van der Waals surface area contributed by atoms with Gasteiger partial charge in [0.1, 0.15) is 5.82 Å². The fourth-order valence-electron chi connectivity index (χ4n) is 1.76. The Morgan fingerprint density at radius 3 is 2.62 bits per heavy atom. The van der Waals surface area contributed by atoms with Gasteiger partial charge in [-0.25, -0.2) is 9.67 Å². The molecule has 0 N–H and O–H groups in total. The average Bonchev–Trinajstić information content (AvgIpc) is 3.10. The van der Waals surface area contributed by atoms with Crippen LogP contribution in [-0.2, 0) is 0 Å². The third kappa shape index (κ3) is 1.73. The van der Waals surface area contributed by atoms with Crippen molar-refractivity contribution < 1.29 is 0 Å². The zero-order valence-corrected chi connectivity index (χ0v) is 9.94. The molecule has 1 saturated carbocycles. The Morgan fingerprint density at radius 2 is 2.00 bits per heavy atom. The summed E-state index contributed by atoms with van der Waals surface area (Å²) in [7, 11) is 0. The first-order chi connectivity index (χ1) is 7.88. The van der Waals surface area contributed by atoms with Crippen molar-refractivity contribution in [1.82, 2.24) is 14.8 Å². The van der Waals surface area contributed by atoms with Crippen molar-refractivity contribution in [3.05, 3.63) is 36.2 Å². The summed E-state index contributed by atoms with van der Waals surface area (Å²) in [4.78, 5) is 4.58. The van der Waals surface area contributed by atoms with E-state index in [2.05, 4.69) is 22.2 Å². The minimum atomic E-state index is 0.619. The number of para-hydroxylation sites is 1. The second-order valence-electron chi connectivity index (χ2n) is 3.98. The smallest absolute Gasteiger partial charge is 0.208 e. The number of rotatable bonds is 3. The molecule has 0 amide bonds. The van der Waals surface area contributed by atoms with Crippen LogP contribution in [0.4, 0.5) is 0 Å². The van der Waals surface area contributed by atoms with Crippen LogP contribution in [-0.4, -0.2) is 21.0 Å². The molecular weight excluding hydrogens is 218 g/mol. The lowest BCUT2D eigenvalue weighted by Crippen LogP contribution is -2.01. The minimum Gasteiger partial charge on any atom is -0.216 e. The molecule has 1 aromatic carbocycles. The molecule has 0 spiro atoms. The molecule has 3 rings (SSSR count). The minimum absolute atomic E-state index is 0.619. The predicted molar refractivity (Wildman–Crippen MR) is 65.1 cm³/mol. The average molecular weight is 231 g/mol. The summed E-state index contributed by atoms with van der Waals surface area (Å²) in [6.45, 7) is 0. The summed E-state index contributed by atoms with van der Waals surface area (Å²) in [6.07, 6.45) is 4.51. The van der Waals surface area contributed by atoms with Crippen LogP contribution in [0, 0.1) is 0 Å². The second kappa shape index (κ2) is 3.94.